The van der Waals surface area contributed by atoms with E-state index < -0.39 is 12.1 Å². The molecule has 0 aliphatic carbocycles. The minimum absolute atomic E-state index is 0.00301. The molecule has 0 saturated carbocycles. The first kappa shape index (κ1) is 81.8. The van der Waals surface area contributed by atoms with Crippen LogP contribution in [0.3, 0.4) is 0 Å². The number of carbonyl (C=O) groups excluding carboxylic acids is 2. The van der Waals surface area contributed by atoms with Gasteiger partial charge in [0.15, 0.2) is 0 Å². The number of unbranched alkanes of at least 4 members (excludes halogenated alkanes) is 54. The van der Waals surface area contributed by atoms with E-state index in [2.05, 4.69) is 55.6 Å². The predicted octanol–water partition coefficient (Wildman–Crippen LogP) is 24.8. The normalized spacial score (nSPS) is 12.8. The topological polar surface area (TPSA) is 95.9 Å². The highest BCUT2D eigenvalue weighted by Gasteiger charge is 2.18. The number of hydrogen-bond donors (Lipinski definition) is 3. The van der Waals surface area contributed by atoms with Crippen LogP contribution in [0.1, 0.15) is 412 Å². The molecule has 0 saturated heterocycles. The van der Waals surface area contributed by atoms with Crippen LogP contribution >= 0.6 is 0 Å². The second kappa shape index (κ2) is 73.3. The highest BCUT2D eigenvalue weighted by atomic mass is 16.5. The molecular weight excluding hydrogens is 1030 g/mol. The summed E-state index contributed by atoms with van der Waals surface area (Å²) in [5.41, 5.74) is 0. The van der Waals surface area contributed by atoms with Crippen molar-refractivity contribution in [3.05, 3.63) is 48.6 Å². The lowest BCUT2D eigenvalue weighted by atomic mass is 10.0. The second-order valence-corrected chi connectivity index (χ2v) is 26.0. The van der Waals surface area contributed by atoms with E-state index in [1.54, 1.807) is 6.08 Å². The van der Waals surface area contributed by atoms with E-state index in [1.165, 1.54) is 334 Å². The van der Waals surface area contributed by atoms with Crippen LogP contribution in [0.15, 0.2) is 48.6 Å². The smallest absolute Gasteiger partial charge is 0.305 e. The molecule has 3 N–H and O–H groups in total. The third-order valence-electron chi connectivity index (χ3n) is 17.6. The van der Waals surface area contributed by atoms with Gasteiger partial charge in [0.2, 0.25) is 5.91 Å². The number of hydrogen-bond acceptors (Lipinski definition) is 5. The van der Waals surface area contributed by atoms with Crippen LogP contribution in [0, 0.1) is 0 Å². The second-order valence-electron chi connectivity index (χ2n) is 26.0. The third-order valence-corrected chi connectivity index (χ3v) is 17.6. The van der Waals surface area contributed by atoms with Gasteiger partial charge >= 0.3 is 5.97 Å². The number of ether oxygens (including phenoxy) is 1. The van der Waals surface area contributed by atoms with Crippen molar-refractivity contribution in [3.63, 3.8) is 0 Å². The van der Waals surface area contributed by atoms with Crippen LogP contribution < -0.4 is 5.32 Å². The molecule has 0 aliphatic rings. The van der Waals surface area contributed by atoms with Crippen LogP contribution in [0.5, 0.6) is 0 Å². The maximum Gasteiger partial charge on any atom is 0.305 e. The van der Waals surface area contributed by atoms with E-state index in [-0.39, 0.29) is 18.5 Å². The quantitative estimate of drug-likeness (QED) is 0.0320. The van der Waals surface area contributed by atoms with Crippen molar-refractivity contribution >= 4 is 11.9 Å². The summed E-state index contributed by atoms with van der Waals surface area (Å²) in [7, 11) is 0. The van der Waals surface area contributed by atoms with E-state index in [0.717, 1.165) is 51.4 Å². The molecule has 6 heteroatoms. The summed E-state index contributed by atoms with van der Waals surface area (Å²) < 4.78 is 5.47. The van der Waals surface area contributed by atoms with Crippen molar-refractivity contribution < 1.29 is 24.5 Å². The van der Waals surface area contributed by atoms with E-state index in [9.17, 15) is 19.8 Å². The SMILES string of the molecule is CCCCC/C=C\CCCCCCCC(=O)OCCCCCCCCCCC/C=C\C/C=C\CCCCCCCCCCCCCCCCCC(=O)NC(CO)C(O)/C=C/CCCCCCCCCCCCCCCCCCCCCCCC. The highest BCUT2D eigenvalue weighted by molar-refractivity contribution is 5.76. The zero-order chi connectivity index (χ0) is 60.6. The molecule has 84 heavy (non-hydrogen) atoms. The molecule has 2 atom stereocenters. The Balaban J connectivity index is 3.42. The first-order chi connectivity index (χ1) is 41.5. The summed E-state index contributed by atoms with van der Waals surface area (Å²) in [4.78, 5) is 24.6. The molecule has 0 aromatic heterocycles. The Bertz CT molecular complexity index is 1400. The van der Waals surface area contributed by atoms with Gasteiger partial charge in [0.1, 0.15) is 0 Å². The zero-order valence-corrected chi connectivity index (χ0v) is 56.6. The molecule has 0 aliphatic heterocycles. The van der Waals surface area contributed by atoms with Crippen LogP contribution in [0.2, 0.25) is 0 Å². The average molecular weight is 1180 g/mol. The number of allylic oxidation sites excluding steroid dienone is 7. The van der Waals surface area contributed by atoms with Gasteiger partial charge in [-0.2, -0.15) is 0 Å². The average Bonchev–Trinajstić information content (AvgIpc) is 3.50. The van der Waals surface area contributed by atoms with Gasteiger partial charge in [-0.3, -0.25) is 9.59 Å². The molecule has 0 radical (unpaired) electrons. The Kier molecular flexibility index (Phi) is 71.4. The summed E-state index contributed by atoms with van der Waals surface area (Å²) in [5.74, 6) is -0.0602. The van der Waals surface area contributed by atoms with Crippen molar-refractivity contribution in [2.75, 3.05) is 13.2 Å². The lowest BCUT2D eigenvalue weighted by Crippen LogP contribution is -2.45. The van der Waals surface area contributed by atoms with Crippen LogP contribution in [0.25, 0.3) is 0 Å². The fraction of sp³-hybridized carbons (Fsp3) is 0.872. The zero-order valence-electron chi connectivity index (χ0n) is 56.6. The first-order valence-corrected chi connectivity index (χ1v) is 37.9. The van der Waals surface area contributed by atoms with Crippen LogP contribution in [0.4, 0.5) is 0 Å². The van der Waals surface area contributed by atoms with Gasteiger partial charge in [0, 0.05) is 12.8 Å². The van der Waals surface area contributed by atoms with Gasteiger partial charge in [-0.15, -0.1) is 0 Å². The van der Waals surface area contributed by atoms with Gasteiger partial charge in [-0.05, 0) is 89.9 Å². The number of aliphatic hydroxyl groups excluding tert-OH is 2. The number of esters is 1. The molecule has 0 spiro atoms. The van der Waals surface area contributed by atoms with E-state index in [0.29, 0.717) is 19.4 Å². The first-order valence-electron chi connectivity index (χ1n) is 37.9. The molecule has 2 unspecified atom stereocenters. The Morgan fingerprint density at radius 1 is 0.333 bits per heavy atom. The standard InChI is InChI=1S/C78H147NO5/c1-3-5-7-9-11-13-15-17-18-19-20-21-22-32-35-38-41-44-47-50-54-58-62-66-70-76(81)75(74-80)79-77(82)71-67-63-59-55-51-48-45-42-39-36-33-30-28-26-24-23-25-27-29-31-34-37-40-43-46-49-53-57-61-65-69-73-84-78(83)72-68-64-60-56-52-16-14-12-10-8-6-4-2/h12,14,25,27,31,34,66,70,75-76,80-81H,3-11,13,15-24,26,28-30,32-33,35-65,67-69,71-74H2,1-2H3,(H,79,82)/b14-12-,27-25-,34-31-,70-66+. The van der Waals surface area contributed by atoms with Crippen LogP contribution in [-0.2, 0) is 14.3 Å². The fourth-order valence-electron chi connectivity index (χ4n) is 11.8. The monoisotopic (exact) mass is 1180 g/mol. The maximum absolute atomic E-state index is 12.5. The minimum Gasteiger partial charge on any atom is -0.466 e. The molecule has 0 aromatic rings. The van der Waals surface area contributed by atoms with Gasteiger partial charge in [-0.25, -0.2) is 0 Å². The summed E-state index contributed by atoms with van der Waals surface area (Å²) in [6.45, 7) is 4.91. The lowest BCUT2D eigenvalue weighted by molar-refractivity contribution is -0.143. The Hall–Kier alpha value is -2.18. The van der Waals surface area contributed by atoms with Crippen molar-refractivity contribution in [2.24, 2.45) is 0 Å². The molecule has 0 bridgehead atoms. The maximum atomic E-state index is 12.5. The molecule has 0 rings (SSSR count). The van der Waals surface area contributed by atoms with Crippen molar-refractivity contribution in [1.29, 1.82) is 0 Å². The Morgan fingerprint density at radius 3 is 0.940 bits per heavy atom. The summed E-state index contributed by atoms with van der Waals surface area (Å²) in [6, 6.07) is -0.630. The molecule has 1 amide bonds. The number of rotatable bonds is 71. The van der Waals surface area contributed by atoms with Crippen molar-refractivity contribution in [3.8, 4) is 0 Å². The molecule has 494 valence electrons. The van der Waals surface area contributed by atoms with Crippen LogP contribution in [-0.4, -0.2) is 47.4 Å². The largest absolute Gasteiger partial charge is 0.466 e. The summed E-state index contributed by atoms with van der Waals surface area (Å²) in [5, 5.41) is 23.3. The third kappa shape index (κ3) is 68.9. The Labute approximate surface area is 525 Å². The number of amides is 1. The molecule has 0 fully saturated rings. The molecule has 0 aromatic carbocycles. The summed E-state index contributed by atoms with van der Waals surface area (Å²) >= 11 is 0. The van der Waals surface area contributed by atoms with E-state index in [1.807, 2.05) is 6.08 Å². The van der Waals surface area contributed by atoms with Crippen molar-refractivity contribution in [1.82, 2.24) is 5.32 Å². The Morgan fingerprint density at radius 2 is 0.595 bits per heavy atom. The molecule has 0 heterocycles. The van der Waals surface area contributed by atoms with Gasteiger partial charge in [0.05, 0.1) is 25.4 Å². The molecule has 6 nitrogen and oxygen atoms in total. The number of nitrogens with one attached hydrogen (secondary N) is 1. The van der Waals surface area contributed by atoms with Gasteiger partial charge < -0.3 is 20.3 Å². The van der Waals surface area contributed by atoms with Crippen molar-refractivity contribution in [2.45, 2.75) is 424 Å². The predicted molar refractivity (Wildman–Crippen MR) is 370 cm³/mol. The molecular formula is C78H147NO5. The van der Waals surface area contributed by atoms with E-state index >= 15 is 0 Å². The minimum atomic E-state index is -0.846. The van der Waals surface area contributed by atoms with Gasteiger partial charge in [0.25, 0.3) is 0 Å². The summed E-state index contributed by atoms with van der Waals surface area (Å²) in [6.07, 6.45) is 96.4. The number of aliphatic hydroxyl groups is 2. The highest BCUT2D eigenvalue weighted by Crippen LogP contribution is 2.19. The van der Waals surface area contributed by atoms with E-state index in [4.69, 9.17) is 4.74 Å². The fourth-order valence-corrected chi connectivity index (χ4v) is 11.8. The lowest BCUT2D eigenvalue weighted by Gasteiger charge is -2.20. The van der Waals surface area contributed by atoms with Gasteiger partial charge in [-0.1, -0.05) is 358 Å². The number of carbonyl (C=O) groups is 2.